The molecule has 358 valence electrons. The number of rotatable bonds is 6. The molecule has 2 N–H and O–H groups in total. The summed E-state index contributed by atoms with van der Waals surface area (Å²) in [6.45, 7) is 0. The minimum absolute atomic E-state index is 0.365. The van der Waals surface area contributed by atoms with Crippen molar-refractivity contribution in [2.24, 2.45) is 4.99 Å². The van der Waals surface area contributed by atoms with Crippen LogP contribution in [0.5, 0.6) is 11.5 Å². The number of nitrogens with one attached hydrogen (secondary N) is 2. The minimum atomic E-state index is -0.681. The van der Waals surface area contributed by atoms with Gasteiger partial charge in [0.25, 0.3) is 0 Å². The number of fused-ring (bicyclic) bond motifs is 15. The number of hydrogen-bond acceptors (Lipinski definition) is 6. The van der Waals surface area contributed by atoms with E-state index >= 15 is 0 Å². The molecule has 11 aromatic carbocycles. The topological polar surface area (TPSA) is 71.9 Å². The van der Waals surface area contributed by atoms with E-state index in [2.05, 4.69) is 247 Å². The summed E-state index contributed by atoms with van der Waals surface area (Å²) in [6, 6.07) is 88.3. The number of para-hydroxylation sites is 4. The van der Waals surface area contributed by atoms with Gasteiger partial charge in [-0.05, 0) is 74.3 Å². The smallest absolute Gasteiger partial charge is 0.143 e. The quantitative estimate of drug-likeness (QED) is 0.174. The van der Waals surface area contributed by atoms with Crippen molar-refractivity contribution in [3.05, 3.63) is 288 Å². The second-order valence-corrected chi connectivity index (χ2v) is 20.1. The Balaban J connectivity index is 0.849. The molecular weight excluding hydrogens is 931 g/mol. The third-order valence-corrected chi connectivity index (χ3v) is 16.1. The van der Waals surface area contributed by atoms with Gasteiger partial charge in [-0.25, -0.2) is 4.99 Å². The van der Waals surface area contributed by atoms with Crippen LogP contribution in [-0.4, -0.2) is 5.84 Å². The molecule has 1 spiro atoms. The van der Waals surface area contributed by atoms with Gasteiger partial charge >= 0.3 is 0 Å². The molecule has 6 heteroatoms. The molecule has 2 aliphatic heterocycles. The first-order valence-corrected chi connectivity index (χ1v) is 26.0. The fourth-order valence-corrected chi connectivity index (χ4v) is 12.8. The van der Waals surface area contributed by atoms with Crippen molar-refractivity contribution in [3.63, 3.8) is 0 Å². The number of nitrogens with zero attached hydrogens (tertiary/aromatic N) is 1. The predicted octanol–water partition coefficient (Wildman–Crippen LogP) is 17.3. The molecule has 0 saturated heterocycles. The molecule has 6 nitrogen and oxygen atoms in total. The molecule has 2 aromatic heterocycles. The summed E-state index contributed by atoms with van der Waals surface area (Å²) in [4.78, 5) is 5.61. The molecule has 0 fully saturated rings. The van der Waals surface area contributed by atoms with E-state index in [1.165, 1.54) is 27.8 Å². The Morgan fingerprint density at radius 3 is 1.80 bits per heavy atom. The molecule has 4 heterocycles. The minimum Gasteiger partial charge on any atom is -0.457 e. The second-order valence-electron chi connectivity index (χ2n) is 20.1. The van der Waals surface area contributed by atoms with Crippen molar-refractivity contribution in [2.75, 3.05) is 0 Å². The molecule has 76 heavy (non-hydrogen) atoms. The Morgan fingerprint density at radius 2 is 0.961 bits per heavy atom. The Kier molecular flexibility index (Phi) is 9.35. The fourth-order valence-electron chi connectivity index (χ4n) is 12.8. The summed E-state index contributed by atoms with van der Waals surface area (Å²) in [5.41, 5.74) is 19.3. The van der Waals surface area contributed by atoms with Gasteiger partial charge in [0.05, 0.1) is 5.41 Å². The number of furan rings is 2. The van der Waals surface area contributed by atoms with E-state index in [1.54, 1.807) is 0 Å². The van der Waals surface area contributed by atoms with Crippen LogP contribution < -0.4 is 15.4 Å². The number of amidine groups is 1. The third-order valence-electron chi connectivity index (χ3n) is 16.1. The Bertz CT molecular complexity index is 4520. The van der Waals surface area contributed by atoms with Gasteiger partial charge in [-0.3, -0.25) is 5.32 Å². The average molecular weight is 976 g/mol. The monoisotopic (exact) mass is 975 g/mol. The standard InChI is InChI=1S/C70H45N3O3/c1-3-17-42(18-4-1)43-35-37-44(38-36-43)46-39-40-57-62(41-46)74-60-33-12-10-30-56(60)70(57)55-29-9-7-22-51(55)63-53(27-15-31-58(63)70)68-71-67(45-19-5-2-6-20-45)72-69(73-68)54-28-16-34-61-64(54)52-26-14-25-50(66(52)76-61)49-24-13-23-48-47-21-8-11-32-59(47)75-65(48)49/h1-41,67,69,72H,(H,71,73). The molecule has 3 unspecified atom stereocenters. The third kappa shape index (κ3) is 6.28. The molecule has 0 amide bonds. The lowest BCUT2D eigenvalue weighted by atomic mass is 9.66. The molecule has 13 aromatic rings. The SMILES string of the molecule is c1ccc(-c2ccc(-c3ccc4c(c3)Oc3ccccc3C43c4ccccc4-c4c(C5=NC(c6ccccc6)NC(c6cccc7oc8c(-c9cccc%10c9oc9ccccc9%10)cccc8c67)N5)cccc43)cc2)cc1. The lowest BCUT2D eigenvalue weighted by Gasteiger charge is -2.39. The first-order chi connectivity index (χ1) is 37.7. The van der Waals surface area contributed by atoms with Gasteiger partial charge in [0, 0.05) is 54.9 Å². The lowest BCUT2D eigenvalue weighted by Crippen LogP contribution is -2.45. The van der Waals surface area contributed by atoms with Gasteiger partial charge in [-0.1, -0.05) is 224 Å². The van der Waals surface area contributed by atoms with Crippen LogP contribution >= 0.6 is 0 Å². The predicted molar refractivity (Wildman–Crippen MR) is 306 cm³/mol. The van der Waals surface area contributed by atoms with Crippen LogP contribution in [0.3, 0.4) is 0 Å². The first kappa shape index (κ1) is 42.7. The Hall–Kier alpha value is -9.75. The van der Waals surface area contributed by atoms with Crippen LogP contribution in [0.1, 0.15) is 51.3 Å². The highest BCUT2D eigenvalue weighted by Gasteiger charge is 2.52. The van der Waals surface area contributed by atoms with Gasteiger partial charge in [0.15, 0.2) is 0 Å². The van der Waals surface area contributed by atoms with E-state index in [0.717, 1.165) is 117 Å². The Labute approximate surface area is 438 Å². The molecule has 0 bridgehead atoms. The number of aliphatic imine (C=N–C) groups is 1. The largest absolute Gasteiger partial charge is 0.457 e. The van der Waals surface area contributed by atoms with Crippen molar-refractivity contribution in [3.8, 4) is 56.0 Å². The van der Waals surface area contributed by atoms with E-state index in [-0.39, 0.29) is 12.3 Å². The first-order valence-electron chi connectivity index (χ1n) is 26.0. The van der Waals surface area contributed by atoms with Crippen LogP contribution in [-0.2, 0) is 5.41 Å². The van der Waals surface area contributed by atoms with Crippen molar-refractivity contribution >= 4 is 49.7 Å². The number of hydrogen-bond donors (Lipinski definition) is 2. The molecule has 3 aliphatic rings. The summed E-state index contributed by atoms with van der Waals surface area (Å²) in [5, 5.41) is 12.2. The highest BCUT2D eigenvalue weighted by molar-refractivity contribution is 6.16. The zero-order chi connectivity index (χ0) is 49.9. The molecule has 16 rings (SSSR count). The summed E-state index contributed by atoms with van der Waals surface area (Å²) in [7, 11) is 0. The maximum Gasteiger partial charge on any atom is 0.143 e. The van der Waals surface area contributed by atoms with Crippen LogP contribution in [0.2, 0.25) is 0 Å². The maximum absolute atomic E-state index is 6.99. The summed E-state index contributed by atoms with van der Waals surface area (Å²) >= 11 is 0. The zero-order valence-corrected chi connectivity index (χ0v) is 41.0. The van der Waals surface area contributed by atoms with Gasteiger partial charge in [-0.2, -0.15) is 0 Å². The number of benzene rings is 11. The van der Waals surface area contributed by atoms with Crippen molar-refractivity contribution in [1.82, 2.24) is 10.6 Å². The van der Waals surface area contributed by atoms with Crippen molar-refractivity contribution in [2.45, 2.75) is 17.7 Å². The number of ether oxygens (including phenoxy) is 1. The Morgan fingerprint density at radius 1 is 0.395 bits per heavy atom. The van der Waals surface area contributed by atoms with E-state index in [4.69, 9.17) is 18.6 Å². The second kappa shape index (κ2) is 16.6. The van der Waals surface area contributed by atoms with Crippen LogP contribution in [0.4, 0.5) is 0 Å². The highest BCUT2D eigenvalue weighted by atomic mass is 16.5. The van der Waals surface area contributed by atoms with Gasteiger partial charge in [-0.15, -0.1) is 0 Å². The van der Waals surface area contributed by atoms with Crippen LogP contribution in [0, 0.1) is 0 Å². The molecule has 0 radical (unpaired) electrons. The molecule has 0 saturated carbocycles. The average Bonchev–Trinajstić information content (AvgIpc) is 4.32. The molecule has 3 atom stereocenters. The van der Waals surface area contributed by atoms with Crippen LogP contribution in [0.25, 0.3) is 88.4 Å². The summed E-state index contributed by atoms with van der Waals surface area (Å²) < 4.78 is 20.5. The molecular formula is C70H45N3O3. The van der Waals surface area contributed by atoms with Gasteiger partial charge in [0.1, 0.15) is 52.0 Å². The summed E-state index contributed by atoms with van der Waals surface area (Å²) in [6.07, 6.45) is -0.737. The van der Waals surface area contributed by atoms with Crippen molar-refractivity contribution < 1.29 is 13.6 Å². The van der Waals surface area contributed by atoms with E-state index in [1.807, 2.05) is 12.1 Å². The fraction of sp³-hybridized carbons (Fsp3) is 0.0429. The van der Waals surface area contributed by atoms with Crippen molar-refractivity contribution in [1.29, 1.82) is 0 Å². The van der Waals surface area contributed by atoms with Gasteiger partial charge < -0.3 is 18.9 Å². The van der Waals surface area contributed by atoms with Crippen LogP contribution in [0.15, 0.2) is 263 Å². The zero-order valence-electron chi connectivity index (χ0n) is 41.0. The van der Waals surface area contributed by atoms with E-state index < -0.39 is 5.41 Å². The van der Waals surface area contributed by atoms with E-state index in [0.29, 0.717) is 0 Å². The lowest BCUT2D eigenvalue weighted by molar-refractivity contribution is 0.411. The summed E-state index contributed by atoms with van der Waals surface area (Å²) in [5.74, 6) is 2.49. The highest BCUT2D eigenvalue weighted by Crippen LogP contribution is 2.63. The van der Waals surface area contributed by atoms with Gasteiger partial charge in [0.2, 0.25) is 0 Å². The molecule has 1 aliphatic carbocycles. The van der Waals surface area contributed by atoms with E-state index in [9.17, 15) is 0 Å². The normalized spacial score (nSPS) is 17.2. The maximum atomic E-state index is 6.99.